The van der Waals surface area contributed by atoms with Gasteiger partial charge < -0.3 is 14.0 Å². The maximum absolute atomic E-state index is 13.8. The Labute approximate surface area is 210 Å². The third-order valence-electron chi connectivity index (χ3n) is 6.29. The number of halogens is 1. The molecule has 0 unspecified atom stereocenters. The van der Waals surface area contributed by atoms with Gasteiger partial charge in [-0.25, -0.2) is 14.2 Å². The van der Waals surface area contributed by atoms with Gasteiger partial charge >= 0.3 is 5.97 Å². The number of benzene rings is 1. The van der Waals surface area contributed by atoms with E-state index in [0.29, 0.717) is 12.3 Å². The normalized spacial score (nSPS) is 16.0. The lowest BCUT2D eigenvalue weighted by molar-refractivity contribution is 0.0521. The van der Waals surface area contributed by atoms with E-state index in [4.69, 9.17) is 14.5 Å². The molecular weight excluding hydrogens is 479 g/mol. The zero-order valence-corrected chi connectivity index (χ0v) is 20.4. The number of aryl methyl sites for hydroxylation is 1. The van der Waals surface area contributed by atoms with Crippen LogP contribution in [0.4, 0.5) is 4.39 Å². The first kappa shape index (κ1) is 24.5. The van der Waals surface area contributed by atoms with Crippen LogP contribution in [0.25, 0.3) is 16.7 Å². The Kier molecular flexibility index (Phi) is 6.66. The number of nitrogens with zero attached hydrogens (tertiary/aromatic N) is 4. The molecule has 0 radical (unpaired) electrons. The minimum Gasteiger partial charge on any atom is -0.462 e. The highest BCUT2D eigenvalue weighted by molar-refractivity contribution is 5.97. The van der Waals surface area contributed by atoms with Crippen LogP contribution in [-0.4, -0.2) is 45.1 Å². The van der Waals surface area contributed by atoms with Crippen molar-refractivity contribution in [2.75, 3.05) is 13.2 Å². The van der Waals surface area contributed by atoms with Crippen LogP contribution in [0.3, 0.4) is 0 Å². The van der Waals surface area contributed by atoms with Crippen molar-refractivity contribution >= 4 is 28.6 Å². The molecule has 1 saturated heterocycles. The van der Waals surface area contributed by atoms with Crippen molar-refractivity contribution in [2.45, 2.75) is 39.3 Å². The highest BCUT2D eigenvalue weighted by atomic mass is 19.1. The molecule has 190 valence electrons. The summed E-state index contributed by atoms with van der Waals surface area (Å²) in [5.74, 6) is -2.08. The number of amides is 1. The average molecular weight is 505 g/mol. The lowest BCUT2D eigenvalue weighted by atomic mass is 10.1. The van der Waals surface area contributed by atoms with E-state index in [1.54, 1.807) is 23.8 Å². The smallest absolute Gasteiger partial charge is 0.341 e. The molecule has 1 aliphatic heterocycles. The molecule has 10 heteroatoms. The van der Waals surface area contributed by atoms with Crippen LogP contribution in [0.1, 0.15) is 46.0 Å². The van der Waals surface area contributed by atoms with E-state index in [1.165, 1.54) is 28.7 Å². The lowest BCUT2D eigenvalue weighted by Crippen LogP contribution is -2.35. The van der Waals surface area contributed by atoms with Gasteiger partial charge in [0.25, 0.3) is 11.5 Å². The Hall–Kier alpha value is -4.18. The summed E-state index contributed by atoms with van der Waals surface area (Å²) in [6, 6.07) is 10.1. The topological polar surface area (TPSA) is 104 Å². The Morgan fingerprint density at radius 1 is 1.22 bits per heavy atom. The predicted molar refractivity (Wildman–Crippen MR) is 133 cm³/mol. The minimum absolute atomic E-state index is 0.0148. The number of ether oxygens (including phenoxy) is 2. The number of carbonyl (C=O) groups excluding carboxylic acids is 2. The second kappa shape index (κ2) is 10.1. The number of carbonyl (C=O) groups is 2. The van der Waals surface area contributed by atoms with E-state index in [0.717, 1.165) is 24.5 Å². The number of pyridine rings is 2. The molecule has 1 atom stereocenters. The van der Waals surface area contributed by atoms with Crippen molar-refractivity contribution in [1.82, 2.24) is 14.0 Å². The van der Waals surface area contributed by atoms with Gasteiger partial charge in [-0.2, -0.15) is 4.99 Å². The molecule has 0 saturated carbocycles. The van der Waals surface area contributed by atoms with Crippen LogP contribution in [0, 0.1) is 12.7 Å². The summed E-state index contributed by atoms with van der Waals surface area (Å²) in [4.78, 5) is 48.8. The van der Waals surface area contributed by atoms with E-state index >= 15 is 0 Å². The van der Waals surface area contributed by atoms with Crippen molar-refractivity contribution in [3.63, 3.8) is 0 Å². The molecule has 37 heavy (non-hydrogen) atoms. The predicted octanol–water partition coefficient (Wildman–Crippen LogP) is 3.19. The van der Waals surface area contributed by atoms with Crippen molar-refractivity contribution in [2.24, 2.45) is 4.99 Å². The van der Waals surface area contributed by atoms with Crippen molar-refractivity contribution in [3.8, 4) is 0 Å². The van der Waals surface area contributed by atoms with E-state index in [-0.39, 0.29) is 52.5 Å². The van der Waals surface area contributed by atoms with Crippen molar-refractivity contribution < 1.29 is 23.5 Å². The van der Waals surface area contributed by atoms with Gasteiger partial charge in [-0.15, -0.1) is 0 Å². The van der Waals surface area contributed by atoms with Crippen LogP contribution in [0.5, 0.6) is 0 Å². The van der Waals surface area contributed by atoms with Gasteiger partial charge in [0.1, 0.15) is 22.7 Å². The van der Waals surface area contributed by atoms with Gasteiger partial charge in [-0.05, 0) is 62.6 Å². The van der Waals surface area contributed by atoms with E-state index < -0.39 is 17.7 Å². The maximum Gasteiger partial charge on any atom is 0.341 e. The van der Waals surface area contributed by atoms with Gasteiger partial charge in [-0.1, -0.05) is 12.1 Å². The summed E-state index contributed by atoms with van der Waals surface area (Å²) in [5, 5.41) is 0.168. The molecule has 0 aliphatic carbocycles. The largest absolute Gasteiger partial charge is 0.462 e. The van der Waals surface area contributed by atoms with Crippen LogP contribution in [0.15, 0.2) is 58.4 Å². The summed E-state index contributed by atoms with van der Waals surface area (Å²) >= 11 is 0. The number of aromatic nitrogens is 3. The molecule has 1 fully saturated rings. The van der Waals surface area contributed by atoms with Gasteiger partial charge in [-0.3, -0.25) is 14.0 Å². The highest BCUT2D eigenvalue weighted by Gasteiger charge is 2.24. The minimum atomic E-state index is -0.751. The number of hydrogen-bond acceptors (Lipinski definition) is 6. The standard InChI is InChI=1S/C27H25FN4O5/c1-3-36-27(35)21-14-20-23(29-22-16(2)7-5-11-31(22)26(20)34)32(15-19-10-6-12-37-19)24(21)30-25(33)17-8-4-9-18(28)13-17/h4-5,7-9,11,13-14,19H,3,6,10,12,15H2,1-2H3/t19-/m0/s1. The van der Waals surface area contributed by atoms with E-state index in [9.17, 15) is 18.8 Å². The fourth-order valence-corrected chi connectivity index (χ4v) is 4.51. The van der Waals surface area contributed by atoms with Gasteiger partial charge in [0.2, 0.25) is 0 Å². The van der Waals surface area contributed by atoms with Crippen LogP contribution < -0.4 is 11.0 Å². The molecule has 9 nitrogen and oxygen atoms in total. The zero-order valence-electron chi connectivity index (χ0n) is 20.4. The van der Waals surface area contributed by atoms with Crippen LogP contribution in [0.2, 0.25) is 0 Å². The Bertz CT molecular complexity index is 1670. The summed E-state index contributed by atoms with van der Waals surface area (Å²) < 4.78 is 27.9. The lowest BCUT2D eigenvalue weighted by Gasteiger charge is -2.18. The average Bonchev–Trinajstić information content (AvgIpc) is 3.39. The Balaban J connectivity index is 1.88. The summed E-state index contributed by atoms with van der Waals surface area (Å²) in [6.07, 6.45) is 2.98. The molecule has 1 amide bonds. The zero-order chi connectivity index (χ0) is 26.1. The second-order valence-corrected chi connectivity index (χ2v) is 8.81. The highest BCUT2D eigenvalue weighted by Crippen LogP contribution is 2.18. The third-order valence-corrected chi connectivity index (χ3v) is 6.29. The molecule has 0 N–H and O–H groups in total. The molecule has 0 bridgehead atoms. The van der Waals surface area contributed by atoms with Crippen molar-refractivity contribution in [3.05, 3.63) is 87.0 Å². The molecule has 4 heterocycles. The number of hydrogen-bond donors (Lipinski definition) is 0. The quantitative estimate of drug-likeness (QED) is 0.305. The molecular formula is C27H25FN4O5. The Morgan fingerprint density at radius 2 is 2.05 bits per heavy atom. The van der Waals surface area contributed by atoms with Crippen molar-refractivity contribution in [1.29, 1.82) is 0 Å². The van der Waals surface area contributed by atoms with E-state index in [1.807, 2.05) is 13.0 Å². The van der Waals surface area contributed by atoms with Crippen LogP contribution >= 0.6 is 0 Å². The first-order chi connectivity index (χ1) is 17.9. The first-order valence-corrected chi connectivity index (χ1v) is 12.1. The maximum atomic E-state index is 13.8. The monoisotopic (exact) mass is 504 g/mol. The number of esters is 1. The molecule has 3 aromatic heterocycles. The molecule has 1 aromatic carbocycles. The van der Waals surface area contributed by atoms with Gasteiger partial charge in [0.05, 0.1) is 24.6 Å². The SMILES string of the molecule is CCOC(=O)c1cc2c(=O)n3cccc(C)c3nc2n(C[C@@H]2CCCO2)c1=NC(=O)c1cccc(F)c1. The summed E-state index contributed by atoms with van der Waals surface area (Å²) in [6.45, 7) is 4.35. The molecule has 0 spiro atoms. The molecule has 4 aromatic rings. The van der Waals surface area contributed by atoms with Gasteiger partial charge in [0, 0.05) is 18.4 Å². The third kappa shape index (κ3) is 4.67. The molecule has 1 aliphatic rings. The van der Waals surface area contributed by atoms with Crippen LogP contribution in [-0.2, 0) is 16.0 Å². The second-order valence-electron chi connectivity index (χ2n) is 8.81. The summed E-state index contributed by atoms with van der Waals surface area (Å²) in [5.41, 5.74) is 1.01. The fraction of sp³-hybridized carbons (Fsp3) is 0.296. The van der Waals surface area contributed by atoms with E-state index in [2.05, 4.69) is 4.99 Å². The number of fused-ring (bicyclic) bond motifs is 2. The molecule has 5 rings (SSSR count). The number of rotatable bonds is 5. The Morgan fingerprint density at radius 3 is 2.78 bits per heavy atom. The van der Waals surface area contributed by atoms with Gasteiger partial charge in [0.15, 0.2) is 5.49 Å². The summed E-state index contributed by atoms with van der Waals surface area (Å²) in [7, 11) is 0. The first-order valence-electron chi connectivity index (χ1n) is 12.1. The fourth-order valence-electron chi connectivity index (χ4n) is 4.51.